The van der Waals surface area contributed by atoms with Gasteiger partial charge >= 0.3 is 0 Å². The monoisotopic (exact) mass is 283 g/mol. The molecule has 0 radical (unpaired) electrons. The van der Waals surface area contributed by atoms with Crippen LogP contribution in [0.1, 0.15) is 39.5 Å². The number of nitrogens with one attached hydrogen (secondary N) is 1. The minimum atomic E-state index is -0.267. The Morgan fingerprint density at radius 2 is 2.11 bits per heavy atom. The van der Waals surface area contributed by atoms with Crippen LogP contribution in [0.2, 0.25) is 0 Å². The minimum absolute atomic E-state index is 0.0303. The van der Waals surface area contributed by atoms with E-state index in [0.29, 0.717) is 4.90 Å². The predicted octanol–water partition coefficient (Wildman–Crippen LogP) is 4.00. The number of hydrogen-bond acceptors (Lipinski definition) is 2. The molecule has 2 nitrogen and oxygen atoms in total. The fourth-order valence-electron chi connectivity index (χ4n) is 1.79. The zero-order chi connectivity index (χ0) is 14.1. The molecule has 0 saturated carbocycles. The van der Waals surface area contributed by atoms with E-state index in [4.69, 9.17) is 0 Å². The van der Waals surface area contributed by atoms with E-state index >= 15 is 0 Å². The first-order valence-electron chi connectivity index (χ1n) is 6.80. The van der Waals surface area contributed by atoms with Crippen molar-refractivity contribution in [2.24, 2.45) is 0 Å². The Kier molecular flexibility index (Phi) is 7.56. The molecule has 0 bridgehead atoms. The Bertz CT molecular complexity index is 397. The topological polar surface area (TPSA) is 29.1 Å². The Labute approximate surface area is 119 Å². The first-order chi connectivity index (χ1) is 9.13. The summed E-state index contributed by atoms with van der Waals surface area (Å²) in [6, 6.07) is 6.72. The van der Waals surface area contributed by atoms with E-state index in [1.54, 1.807) is 18.2 Å². The third-order valence-electron chi connectivity index (χ3n) is 2.84. The van der Waals surface area contributed by atoms with Crippen LogP contribution in [0.5, 0.6) is 0 Å². The first kappa shape index (κ1) is 16.0. The van der Waals surface area contributed by atoms with E-state index < -0.39 is 0 Å². The molecule has 0 fully saturated rings. The molecule has 0 aliphatic heterocycles. The third kappa shape index (κ3) is 6.62. The first-order valence-corrected chi connectivity index (χ1v) is 7.78. The maximum absolute atomic E-state index is 13.4. The minimum Gasteiger partial charge on any atom is -0.353 e. The van der Waals surface area contributed by atoms with Gasteiger partial charge in [0.05, 0.1) is 5.75 Å². The van der Waals surface area contributed by atoms with Gasteiger partial charge in [0.2, 0.25) is 5.91 Å². The lowest BCUT2D eigenvalue weighted by Gasteiger charge is -2.13. The normalized spacial score (nSPS) is 12.2. The molecule has 19 heavy (non-hydrogen) atoms. The van der Waals surface area contributed by atoms with E-state index in [1.807, 2.05) is 6.92 Å². The lowest BCUT2D eigenvalue weighted by Crippen LogP contribution is -2.33. The quantitative estimate of drug-likeness (QED) is 0.577. The van der Waals surface area contributed by atoms with Gasteiger partial charge in [0.15, 0.2) is 0 Å². The maximum atomic E-state index is 13.4. The number of hydrogen-bond donors (Lipinski definition) is 1. The van der Waals surface area contributed by atoms with E-state index in [0.717, 1.165) is 12.8 Å². The summed E-state index contributed by atoms with van der Waals surface area (Å²) in [5.41, 5.74) is 0. The van der Waals surface area contributed by atoms with Gasteiger partial charge in [0, 0.05) is 10.9 Å². The van der Waals surface area contributed by atoms with Crippen molar-refractivity contribution in [1.82, 2.24) is 5.32 Å². The van der Waals surface area contributed by atoms with Gasteiger partial charge in [-0.1, -0.05) is 38.3 Å². The van der Waals surface area contributed by atoms with E-state index in [-0.39, 0.29) is 23.5 Å². The van der Waals surface area contributed by atoms with Gasteiger partial charge in [0.25, 0.3) is 0 Å². The van der Waals surface area contributed by atoms with E-state index in [1.165, 1.54) is 30.7 Å². The average Bonchev–Trinajstić information content (AvgIpc) is 2.38. The molecule has 1 rings (SSSR count). The molecule has 1 atom stereocenters. The van der Waals surface area contributed by atoms with Gasteiger partial charge in [-0.05, 0) is 25.5 Å². The van der Waals surface area contributed by atoms with E-state index in [2.05, 4.69) is 12.2 Å². The zero-order valence-corrected chi connectivity index (χ0v) is 12.4. The number of thioether (sulfide) groups is 1. The molecule has 0 spiro atoms. The summed E-state index contributed by atoms with van der Waals surface area (Å²) in [7, 11) is 0. The number of amides is 1. The molecule has 1 aromatic carbocycles. The summed E-state index contributed by atoms with van der Waals surface area (Å²) < 4.78 is 13.4. The molecule has 1 amide bonds. The molecule has 0 aliphatic rings. The highest BCUT2D eigenvalue weighted by atomic mass is 32.2. The van der Waals surface area contributed by atoms with E-state index in [9.17, 15) is 9.18 Å². The molecule has 106 valence electrons. The molecule has 0 saturated heterocycles. The second-order valence-electron chi connectivity index (χ2n) is 4.68. The fourth-order valence-corrected chi connectivity index (χ4v) is 2.54. The van der Waals surface area contributed by atoms with Gasteiger partial charge in [-0.15, -0.1) is 11.8 Å². The van der Waals surface area contributed by atoms with Crippen LogP contribution in [-0.2, 0) is 4.79 Å². The number of halogens is 1. The Morgan fingerprint density at radius 1 is 1.37 bits per heavy atom. The van der Waals surface area contributed by atoms with Gasteiger partial charge in [-0.3, -0.25) is 4.79 Å². The molecule has 4 heteroatoms. The van der Waals surface area contributed by atoms with Gasteiger partial charge in [-0.2, -0.15) is 0 Å². The van der Waals surface area contributed by atoms with Crippen molar-refractivity contribution >= 4 is 17.7 Å². The molecule has 1 aromatic rings. The van der Waals surface area contributed by atoms with Crippen LogP contribution in [0.3, 0.4) is 0 Å². The van der Waals surface area contributed by atoms with Crippen LogP contribution in [-0.4, -0.2) is 17.7 Å². The van der Waals surface area contributed by atoms with Crippen molar-refractivity contribution in [3.63, 3.8) is 0 Å². The SMILES string of the molecule is CCCCCC(C)NC(=O)CSc1ccccc1F. The second kappa shape index (κ2) is 8.97. The van der Waals surface area contributed by atoms with Crippen LogP contribution < -0.4 is 5.32 Å². The summed E-state index contributed by atoms with van der Waals surface area (Å²) in [6.07, 6.45) is 4.52. The lowest BCUT2D eigenvalue weighted by molar-refractivity contribution is -0.119. The molecule has 0 aromatic heterocycles. The van der Waals surface area contributed by atoms with Crippen LogP contribution in [0.4, 0.5) is 4.39 Å². The molecular formula is C15H22FNOS. The van der Waals surface area contributed by atoms with Crippen molar-refractivity contribution in [2.45, 2.75) is 50.5 Å². The number of carbonyl (C=O) groups is 1. The van der Waals surface area contributed by atoms with Gasteiger partial charge < -0.3 is 5.32 Å². The Morgan fingerprint density at radius 3 is 2.79 bits per heavy atom. The number of rotatable bonds is 8. The lowest BCUT2D eigenvalue weighted by atomic mass is 10.1. The van der Waals surface area contributed by atoms with Crippen molar-refractivity contribution in [1.29, 1.82) is 0 Å². The van der Waals surface area contributed by atoms with Gasteiger partial charge in [0.1, 0.15) is 5.82 Å². The van der Waals surface area contributed by atoms with Crippen LogP contribution in [0.15, 0.2) is 29.2 Å². The molecular weight excluding hydrogens is 261 g/mol. The zero-order valence-electron chi connectivity index (χ0n) is 11.6. The van der Waals surface area contributed by atoms with Crippen LogP contribution >= 0.6 is 11.8 Å². The largest absolute Gasteiger partial charge is 0.353 e. The van der Waals surface area contributed by atoms with Crippen LogP contribution in [0, 0.1) is 5.82 Å². The molecule has 0 heterocycles. The number of carbonyl (C=O) groups excluding carboxylic acids is 1. The highest BCUT2D eigenvalue weighted by molar-refractivity contribution is 8.00. The highest BCUT2D eigenvalue weighted by Gasteiger charge is 2.09. The Hall–Kier alpha value is -1.03. The van der Waals surface area contributed by atoms with Crippen molar-refractivity contribution < 1.29 is 9.18 Å². The standard InChI is InChI=1S/C15H22FNOS/c1-3-4-5-8-12(2)17-15(18)11-19-14-10-7-6-9-13(14)16/h6-7,9-10,12H,3-5,8,11H2,1-2H3,(H,17,18). The maximum Gasteiger partial charge on any atom is 0.230 e. The fraction of sp³-hybridized carbons (Fsp3) is 0.533. The molecule has 0 aliphatic carbocycles. The third-order valence-corrected chi connectivity index (χ3v) is 3.89. The smallest absolute Gasteiger partial charge is 0.230 e. The van der Waals surface area contributed by atoms with Crippen molar-refractivity contribution in [3.05, 3.63) is 30.1 Å². The average molecular weight is 283 g/mol. The van der Waals surface area contributed by atoms with Crippen molar-refractivity contribution in [3.8, 4) is 0 Å². The van der Waals surface area contributed by atoms with Gasteiger partial charge in [-0.25, -0.2) is 4.39 Å². The van der Waals surface area contributed by atoms with Crippen LogP contribution in [0.25, 0.3) is 0 Å². The summed E-state index contributed by atoms with van der Waals surface area (Å²) in [5.74, 6) is -0.0347. The van der Waals surface area contributed by atoms with Crippen molar-refractivity contribution in [2.75, 3.05) is 5.75 Å². The summed E-state index contributed by atoms with van der Waals surface area (Å²) in [4.78, 5) is 12.2. The molecule has 1 unspecified atom stereocenters. The summed E-state index contributed by atoms with van der Waals surface area (Å²) in [5, 5.41) is 2.95. The summed E-state index contributed by atoms with van der Waals surface area (Å²) >= 11 is 1.24. The highest BCUT2D eigenvalue weighted by Crippen LogP contribution is 2.20. The second-order valence-corrected chi connectivity index (χ2v) is 5.70. The Balaban J connectivity index is 2.26. The molecule has 1 N–H and O–H groups in total. The predicted molar refractivity (Wildman–Crippen MR) is 78.9 cm³/mol. The number of benzene rings is 1. The number of unbranched alkanes of at least 4 members (excludes halogenated alkanes) is 2. The summed E-state index contributed by atoms with van der Waals surface area (Å²) in [6.45, 7) is 4.18.